The summed E-state index contributed by atoms with van der Waals surface area (Å²) in [5.74, 6) is 0. The summed E-state index contributed by atoms with van der Waals surface area (Å²) in [5.41, 5.74) is 17.9. The molecule has 4 nitrogen and oxygen atoms in total. The van der Waals surface area contributed by atoms with E-state index in [0.717, 1.165) is 45.0 Å². The number of furan rings is 2. The molecule has 0 radical (unpaired) electrons. The van der Waals surface area contributed by atoms with Gasteiger partial charge in [0.15, 0.2) is 5.71 Å². The standard InChI is InChI=1S/C53H39BN2O2S/c1-28-25-36-37(53(4,5)24-23-52(36,2)3)27-39(28)55-40-26-35-29-13-6-9-18-41(29)57-49(35)45-34-17-12-16-33-44-32-15-7-10-19-42(32)58-51(44)56(47(33)34)54(46(40)45)38-22-21-31-30-14-8-11-20-43(30)59-50(31)48(38)55/h6-22,25-27H,23-24H2,1-5H3. The summed E-state index contributed by atoms with van der Waals surface area (Å²) in [6.45, 7) is 11.9. The second-order valence-electron chi connectivity index (χ2n) is 18.7. The highest BCUT2D eigenvalue weighted by Gasteiger charge is 2.47. The molecule has 2 aliphatic heterocycles. The van der Waals surface area contributed by atoms with Gasteiger partial charge in [0.25, 0.3) is 0 Å². The first-order chi connectivity index (χ1) is 28.7. The summed E-state index contributed by atoms with van der Waals surface area (Å²) >= 11 is 1.92. The van der Waals surface area contributed by atoms with Crippen molar-refractivity contribution in [3.63, 3.8) is 0 Å². The van der Waals surface area contributed by atoms with Gasteiger partial charge in [-0.2, -0.15) is 0 Å². The average molecular weight is 779 g/mol. The molecule has 6 heteroatoms. The predicted molar refractivity (Wildman–Crippen MR) is 250 cm³/mol. The summed E-state index contributed by atoms with van der Waals surface area (Å²) in [4.78, 5) is 2.67. The largest absolute Gasteiger partial charge is 0.455 e. The molecule has 3 aliphatic rings. The SMILES string of the molecule is Cc1cc2c(cc1N1c3cc4c(oc5ccccc54)c4c3B(c3ccc5c(sc6ccccc65)c31)n1c3oc5ccccc5c3c3cccc-4c31)C(C)(C)CCC2(C)C. The zero-order valence-electron chi connectivity index (χ0n) is 33.7. The zero-order chi connectivity index (χ0) is 39.3. The summed E-state index contributed by atoms with van der Waals surface area (Å²) in [5, 5.41) is 8.43. The Morgan fingerprint density at radius 3 is 2.14 bits per heavy atom. The van der Waals surface area contributed by atoms with Crippen molar-refractivity contribution in [2.24, 2.45) is 0 Å². The second kappa shape index (κ2) is 10.7. The molecule has 0 N–H and O–H groups in total. The van der Waals surface area contributed by atoms with Gasteiger partial charge in [-0.05, 0) is 88.5 Å². The van der Waals surface area contributed by atoms with Crippen molar-refractivity contribution in [3.8, 4) is 11.1 Å². The molecule has 0 spiro atoms. The van der Waals surface area contributed by atoms with Crippen LogP contribution in [0.3, 0.4) is 0 Å². The van der Waals surface area contributed by atoms with E-state index in [1.165, 1.54) is 98.7 Å². The van der Waals surface area contributed by atoms with E-state index in [-0.39, 0.29) is 17.7 Å². The molecule has 0 fully saturated rings. The third kappa shape index (κ3) is 3.92. The fourth-order valence-corrected chi connectivity index (χ4v) is 12.8. The Morgan fingerprint density at radius 2 is 1.32 bits per heavy atom. The summed E-state index contributed by atoms with van der Waals surface area (Å²) in [6, 6.07) is 45.2. The second-order valence-corrected chi connectivity index (χ2v) is 19.7. The van der Waals surface area contributed by atoms with Gasteiger partial charge in [0.2, 0.25) is 0 Å². The molecule has 0 atom stereocenters. The molecule has 0 amide bonds. The van der Waals surface area contributed by atoms with Crippen molar-refractivity contribution < 1.29 is 8.83 Å². The minimum Gasteiger partial charge on any atom is -0.455 e. The van der Waals surface area contributed by atoms with E-state index in [0.29, 0.717) is 0 Å². The predicted octanol–water partition coefficient (Wildman–Crippen LogP) is 13.9. The lowest BCUT2D eigenvalue weighted by molar-refractivity contribution is 0.332. The van der Waals surface area contributed by atoms with Crippen molar-refractivity contribution in [2.45, 2.75) is 58.3 Å². The Morgan fingerprint density at radius 1 is 0.627 bits per heavy atom. The molecular formula is C53H39BN2O2S. The van der Waals surface area contributed by atoms with E-state index < -0.39 is 0 Å². The Kier molecular flexibility index (Phi) is 5.92. The molecule has 6 heterocycles. The van der Waals surface area contributed by atoms with Crippen molar-refractivity contribution in [2.75, 3.05) is 4.90 Å². The van der Waals surface area contributed by atoms with Crippen LogP contribution < -0.4 is 15.8 Å². The summed E-state index contributed by atoms with van der Waals surface area (Å²) in [6.07, 6.45) is 2.34. The monoisotopic (exact) mass is 778 g/mol. The van der Waals surface area contributed by atoms with Crippen molar-refractivity contribution in [1.82, 2.24) is 4.48 Å². The number of aromatic nitrogens is 1. The normalized spacial score (nSPS) is 16.3. The van der Waals surface area contributed by atoms with Crippen LogP contribution in [-0.4, -0.2) is 11.3 Å². The number of nitrogens with zero attached hydrogens (tertiary/aromatic N) is 2. The fraction of sp³-hybridized carbons (Fsp3) is 0.170. The van der Waals surface area contributed by atoms with Crippen LogP contribution in [0.4, 0.5) is 17.1 Å². The lowest BCUT2D eigenvalue weighted by atomic mass is 9.45. The van der Waals surface area contributed by atoms with Gasteiger partial charge in [-0.25, -0.2) is 0 Å². The van der Waals surface area contributed by atoms with Crippen LogP contribution in [0.5, 0.6) is 0 Å². The number of hydrogen-bond acceptors (Lipinski definition) is 4. The molecule has 0 unspecified atom stereocenters. The van der Waals surface area contributed by atoms with Gasteiger partial charge >= 0.3 is 6.85 Å². The first-order valence-electron chi connectivity index (χ1n) is 21.0. The van der Waals surface area contributed by atoms with Crippen LogP contribution in [0.15, 0.2) is 130 Å². The van der Waals surface area contributed by atoms with Gasteiger partial charge in [0.05, 0.1) is 15.8 Å². The molecule has 59 heavy (non-hydrogen) atoms. The molecule has 0 saturated heterocycles. The number of para-hydroxylation sites is 3. The van der Waals surface area contributed by atoms with Gasteiger partial charge in [-0.1, -0.05) is 119 Å². The number of benzene rings is 7. The average Bonchev–Trinajstić information content (AvgIpc) is 4.00. The van der Waals surface area contributed by atoms with Crippen LogP contribution in [0.2, 0.25) is 0 Å². The van der Waals surface area contributed by atoms with Crippen LogP contribution in [0.25, 0.3) is 86.2 Å². The van der Waals surface area contributed by atoms with Crippen molar-refractivity contribution in [3.05, 3.63) is 138 Å². The quantitative estimate of drug-likeness (QED) is 0.156. The number of rotatable bonds is 1. The number of anilines is 3. The third-order valence-electron chi connectivity index (χ3n) is 14.6. The van der Waals surface area contributed by atoms with E-state index in [4.69, 9.17) is 8.83 Å². The highest BCUT2D eigenvalue weighted by molar-refractivity contribution is 7.26. The van der Waals surface area contributed by atoms with Crippen LogP contribution in [0.1, 0.15) is 57.2 Å². The zero-order valence-corrected chi connectivity index (χ0v) is 34.5. The Balaban J connectivity index is 1.22. The molecule has 1 aliphatic carbocycles. The number of fused-ring (bicyclic) bond motifs is 18. The number of aryl methyl sites for hydroxylation is 1. The molecule has 282 valence electrons. The minimum atomic E-state index is -0.165. The highest BCUT2D eigenvalue weighted by Crippen LogP contribution is 2.55. The van der Waals surface area contributed by atoms with Crippen molar-refractivity contribution in [1.29, 1.82) is 0 Å². The molecular weight excluding hydrogens is 739 g/mol. The molecule has 11 aromatic rings. The van der Waals surface area contributed by atoms with Gasteiger partial charge in [-0.15, -0.1) is 11.3 Å². The Bertz CT molecular complexity index is 3720. The number of thiophene rings is 1. The smallest absolute Gasteiger partial charge is 0.336 e. The van der Waals surface area contributed by atoms with Crippen LogP contribution in [0, 0.1) is 6.92 Å². The Hall–Kier alpha value is -6.24. The topological polar surface area (TPSA) is 34.5 Å². The molecule has 14 rings (SSSR count). The first-order valence-corrected chi connectivity index (χ1v) is 21.8. The lowest BCUT2D eigenvalue weighted by Crippen LogP contribution is -2.56. The maximum Gasteiger partial charge on any atom is 0.336 e. The van der Waals surface area contributed by atoms with Crippen LogP contribution >= 0.6 is 11.3 Å². The number of hydrogen-bond donors (Lipinski definition) is 0. The van der Waals surface area contributed by atoms with E-state index in [2.05, 4.69) is 165 Å². The molecule has 7 aromatic carbocycles. The van der Waals surface area contributed by atoms with Crippen molar-refractivity contribution >= 4 is 121 Å². The fourth-order valence-electron chi connectivity index (χ4n) is 11.6. The molecule has 4 aromatic heterocycles. The Labute approximate surface area is 345 Å². The van der Waals surface area contributed by atoms with Gasteiger partial charge in [0.1, 0.15) is 16.7 Å². The van der Waals surface area contributed by atoms with E-state index in [1.807, 2.05) is 11.3 Å². The molecule has 0 saturated carbocycles. The van der Waals surface area contributed by atoms with E-state index in [9.17, 15) is 0 Å². The maximum absolute atomic E-state index is 7.03. The van der Waals surface area contributed by atoms with Gasteiger partial charge < -0.3 is 18.2 Å². The first kappa shape index (κ1) is 32.7. The van der Waals surface area contributed by atoms with E-state index in [1.54, 1.807) is 0 Å². The lowest BCUT2D eigenvalue weighted by Gasteiger charge is -2.44. The summed E-state index contributed by atoms with van der Waals surface area (Å²) in [7, 11) is 0. The maximum atomic E-state index is 7.03. The van der Waals surface area contributed by atoms with Gasteiger partial charge in [0, 0.05) is 65.0 Å². The molecule has 0 bridgehead atoms. The minimum absolute atomic E-state index is 0.0464. The van der Waals surface area contributed by atoms with E-state index >= 15 is 0 Å². The summed E-state index contributed by atoms with van der Waals surface area (Å²) < 4.78 is 19.2. The van der Waals surface area contributed by atoms with Crippen LogP contribution in [-0.2, 0) is 10.8 Å². The van der Waals surface area contributed by atoms with Gasteiger partial charge in [-0.3, -0.25) is 0 Å². The highest BCUT2D eigenvalue weighted by atomic mass is 32.1. The third-order valence-corrected chi connectivity index (χ3v) is 15.7.